The molecule has 3 nitrogen and oxygen atoms in total. The van der Waals surface area contributed by atoms with Gasteiger partial charge < -0.3 is 4.74 Å². The number of allylic oxidation sites excluding steroid dienone is 1. The molecule has 0 unspecified atom stereocenters. The summed E-state index contributed by atoms with van der Waals surface area (Å²) in [6.07, 6.45) is 2.54. The lowest BCUT2D eigenvalue weighted by Crippen LogP contribution is -2.12. The summed E-state index contributed by atoms with van der Waals surface area (Å²) in [7, 11) is 0. The van der Waals surface area contributed by atoms with E-state index in [1.54, 1.807) is 37.3 Å². The molecule has 0 amide bonds. The van der Waals surface area contributed by atoms with Crippen molar-refractivity contribution in [2.24, 2.45) is 0 Å². The Balaban J connectivity index is 2.55. The largest absolute Gasteiger partial charge is 0.455 e. The van der Waals surface area contributed by atoms with Crippen LogP contribution < -0.4 is 0 Å². The van der Waals surface area contributed by atoms with Gasteiger partial charge in [0.05, 0.1) is 5.56 Å². The standard InChI is InChI=1S/C13H14O3/c1-10(14)8-9-11(2)16-13(15)12-6-4-3-5-7-12/h3-9,11H,1-2H3/b9-8-/t11-/m0/s1. The van der Waals surface area contributed by atoms with E-state index in [4.69, 9.17) is 4.74 Å². The van der Waals surface area contributed by atoms with Crippen LogP contribution in [0.15, 0.2) is 42.5 Å². The Labute approximate surface area is 94.7 Å². The molecule has 0 saturated carbocycles. The molecule has 0 bridgehead atoms. The molecule has 0 N–H and O–H groups in total. The number of hydrogen-bond acceptors (Lipinski definition) is 3. The second-order valence-electron chi connectivity index (χ2n) is 3.45. The van der Waals surface area contributed by atoms with Gasteiger partial charge in [0.1, 0.15) is 6.10 Å². The van der Waals surface area contributed by atoms with Gasteiger partial charge >= 0.3 is 5.97 Å². The van der Waals surface area contributed by atoms with Gasteiger partial charge in [-0.15, -0.1) is 0 Å². The number of carbonyl (C=O) groups is 2. The zero-order valence-corrected chi connectivity index (χ0v) is 9.34. The van der Waals surface area contributed by atoms with Crippen molar-refractivity contribution in [1.29, 1.82) is 0 Å². The number of rotatable bonds is 4. The van der Waals surface area contributed by atoms with Gasteiger partial charge in [-0.3, -0.25) is 4.79 Å². The van der Waals surface area contributed by atoms with E-state index < -0.39 is 6.10 Å². The molecule has 1 rings (SSSR count). The van der Waals surface area contributed by atoms with E-state index in [2.05, 4.69) is 0 Å². The lowest BCUT2D eigenvalue weighted by atomic mass is 10.2. The number of carbonyl (C=O) groups excluding carboxylic acids is 2. The summed E-state index contributed by atoms with van der Waals surface area (Å²) < 4.78 is 5.11. The number of esters is 1. The summed E-state index contributed by atoms with van der Waals surface area (Å²) in [6, 6.07) is 8.74. The third kappa shape index (κ3) is 4.09. The molecule has 0 aromatic heterocycles. The van der Waals surface area contributed by atoms with Crippen LogP contribution in [0.5, 0.6) is 0 Å². The Morgan fingerprint density at radius 1 is 1.25 bits per heavy atom. The topological polar surface area (TPSA) is 43.4 Å². The van der Waals surface area contributed by atoms with Crippen molar-refractivity contribution in [3.8, 4) is 0 Å². The van der Waals surface area contributed by atoms with E-state index in [1.807, 2.05) is 6.07 Å². The molecule has 0 fully saturated rings. The van der Waals surface area contributed by atoms with E-state index >= 15 is 0 Å². The smallest absolute Gasteiger partial charge is 0.338 e. The lowest BCUT2D eigenvalue weighted by molar-refractivity contribution is -0.112. The van der Waals surface area contributed by atoms with Crippen molar-refractivity contribution in [2.45, 2.75) is 20.0 Å². The van der Waals surface area contributed by atoms with Gasteiger partial charge in [0.15, 0.2) is 5.78 Å². The summed E-state index contributed by atoms with van der Waals surface area (Å²) in [5.74, 6) is -0.455. The Morgan fingerprint density at radius 2 is 1.88 bits per heavy atom. The van der Waals surface area contributed by atoms with Gasteiger partial charge in [-0.05, 0) is 38.1 Å². The fourth-order valence-corrected chi connectivity index (χ4v) is 1.12. The third-order valence-electron chi connectivity index (χ3n) is 1.90. The predicted octanol–water partition coefficient (Wildman–Crippen LogP) is 2.38. The maximum atomic E-state index is 11.6. The molecule has 1 aromatic carbocycles. The zero-order valence-electron chi connectivity index (χ0n) is 9.34. The molecular formula is C13H14O3. The molecule has 0 spiro atoms. The minimum atomic E-state index is -0.406. The third-order valence-corrected chi connectivity index (χ3v) is 1.90. The van der Waals surface area contributed by atoms with Gasteiger partial charge in [-0.25, -0.2) is 4.79 Å². The highest BCUT2D eigenvalue weighted by molar-refractivity contribution is 5.90. The van der Waals surface area contributed by atoms with Gasteiger partial charge in [-0.2, -0.15) is 0 Å². The number of hydrogen-bond donors (Lipinski definition) is 0. The fraction of sp³-hybridized carbons (Fsp3) is 0.231. The first-order chi connectivity index (χ1) is 7.59. The molecule has 0 aliphatic heterocycles. The highest BCUT2D eigenvalue weighted by Gasteiger charge is 2.08. The average Bonchev–Trinajstić information content (AvgIpc) is 2.27. The Kier molecular flexibility index (Phi) is 4.45. The lowest BCUT2D eigenvalue weighted by Gasteiger charge is -2.08. The maximum absolute atomic E-state index is 11.6. The van der Waals surface area contributed by atoms with Crippen LogP contribution in [0.2, 0.25) is 0 Å². The van der Waals surface area contributed by atoms with E-state index in [9.17, 15) is 9.59 Å². The summed E-state index contributed by atoms with van der Waals surface area (Å²) in [6.45, 7) is 3.16. The summed E-state index contributed by atoms with van der Waals surface area (Å²) in [5.41, 5.74) is 0.505. The molecule has 0 heterocycles. The highest BCUT2D eigenvalue weighted by atomic mass is 16.5. The Hall–Kier alpha value is -1.90. The molecule has 0 aliphatic rings. The molecule has 1 aromatic rings. The van der Waals surface area contributed by atoms with Crippen LogP contribution in [0, 0.1) is 0 Å². The first-order valence-electron chi connectivity index (χ1n) is 5.04. The average molecular weight is 218 g/mol. The molecule has 84 valence electrons. The normalized spacial score (nSPS) is 12.4. The van der Waals surface area contributed by atoms with Gasteiger partial charge in [-0.1, -0.05) is 18.2 Å². The monoisotopic (exact) mass is 218 g/mol. The molecule has 0 saturated heterocycles. The van der Waals surface area contributed by atoms with Crippen molar-refractivity contribution in [3.63, 3.8) is 0 Å². The number of ketones is 1. The SMILES string of the molecule is CC(=O)/C=C\[C@H](C)OC(=O)c1ccccc1. The fourth-order valence-electron chi connectivity index (χ4n) is 1.12. The van der Waals surface area contributed by atoms with Crippen LogP contribution in [0.1, 0.15) is 24.2 Å². The van der Waals surface area contributed by atoms with Crippen molar-refractivity contribution in [1.82, 2.24) is 0 Å². The predicted molar refractivity (Wildman–Crippen MR) is 61.1 cm³/mol. The molecule has 3 heteroatoms. The Bertz CT molecular complexity index is 393. The van der Waals surface area contributed by atoms with Crippen molar-refractivity contribution in [2.75, 3.05) is 0 Å². The van der Waals surface area contributed by atoms with E-state index in [0.717, 1.165) is 0 Å². The van der Waals surface area contributed by atoms with Crippen molar-refractivity contribution in [3.05, 3.63) is 48.0 Å². The van der Waals surface area contributed by atoms with Crippen molar-refractivity contribution < 1.29 is 14.3 Å². The molecule has 0 radical (unpaired) electrons. The first kappa shape index (κ1) is 12.2. The molecular weight excluding hydrogens is 204 g/mol. The van der Waals surface area contributed by atoms with Crippen LogP contribution in [-0.2, 0) is 9.53 Å². The van der Waals surface area contributed by atoms with Crippen LogP contribution >= 0.6 is 0 Å². The number of ether oxygens (including phenoxy) is 1. The second-order valence-corrected chi connectivity index (χ2v) is 3.45. The van der Waals surface area contributed by atoms with Gasteiger partial charge in [0.2, 0.25) is 0 Å². The second kappa shape index (κ2) is 5.85. The van der Waals surface area contributed by atoms with Crippen molar-refractivity contribution >= 4 is 11.8 Å². The van der Waals surface area contributed by atoms with Crippen LogP contribution in [0.4, 0.5) is 0 Å². The van der Waals surface area contributed by atoms with E-state index in [0.29, 0.717) is 5.56 Å². The van der Waals surface area contributed by atoms with Gasteiger partial charge in [0.25, 0.3) is 0 Å². The summed E-state index contributed by atoms with van der Waals surface area (Å²) in [4.78, 5) is 22.2. The minimum absolute atomic E-state index is 0.0670. The van der Waals surface area contributed by atoms with Crippen LogP contribution in [-0.4, -0.2) is 17.9 Å². The molecule has 1 atom stereocenters. The zero-order chi connectivity index (χ0) is 12.0. The summed E-state index contributed by atoms with van der Waals surface area (Å²) in [5, 5.41) is 0. The minimum Gasteiger partial charge on any atom is -0.455 e. The first-order valence-corrected chi connectivity index (χ1v) is 5.04. The van der Waals surface area contributed by atoms with Crippen LogP contribution in [0.25, 0.3) is 0 Å². The van der Waals surface area contributed by atoms with E-state index in [1.165, 1.54) is 13.0 Å². The molecule has 16 heavy (non-hydrogen) atoms. The maximum Gasteiger partial charge on any atom is 0.338 e. The van der Waals surface area contributed by atoms with E-state index in [-0.39, 0.29) is 11.8 Å². The number of benzene rings is 1. The Morgan fingerprint density at radius 3 is 2.44 bits per heavy atom. The van der Waals surface area contributed by atoms with Crippen LogP contribution in [0.3, 0.4) is 0 Å². The van der Waals surface area contributed by atoms with Gasteiger partial charge in [0, 0.05) is 0 Å². The quantitative estimate of drug-likeness (QED) is 0.575. The molecule has 0 aliphatic carbocycles. The highest BCUT2D eigenvalue weighted by Crippen LogP contribution is 2.04. The summed E-state index contributed by atoms with van der Waals surface area (Å²) >= 11 is 0.